The molecule has 168 valence electrons. The summed E-state index contributed by atoms with van der Waals surface area (Å²) in [5.74, 6) is 2.49. The number of hydrogen-bond acceptors (Lipinski definition) is 4. The summed E-state index contributed by atoms with van der Waals surface area (Å²) in [5.41, 5.74) is -0.186. The second-order valence-electron chi connectivity index (χ2n) is 10.8. The third-order valence-electron chi connectivity index (χ3n) is 8.42. The van der Waals surface area contributed by atoms with Crippen molar-refractivity contribution < 1.29 is 19.1 Å². The minimum atomic E-state index is -0.417. The number of carbonyl (C=O) groups is 3. The Morgan fingerprint density at radius 1 is 0.967 bits per heavy atom. The summed E-state index contributed by atoms with van der Waals surface area (Å²) in [6.45, 7) is 2.34. The number of carbonyl (C=O) groups excluding carboxylic acids is 3. The van der Waals surface area contributed by atoms with Crippen LogP contribution >= 0.6 is 0 Å². The molecular formula is C24H38N2O4. The Balaban J connectivity index is 1.15. The molecule has 2 amide bonds. The van der Waals surface area contributed by atoms with E-state index in [1.54, 1.807) is 4.90 Å². The van der Waals surface area contributed by atoms with E-state index in [0.717, 1.165) is 68.6 Å². The van der Waals surface area contributed by atoms with Gasteiger partial charge in [-0.3, -0.25) is 14.4 Å². The molecular weight excluding hydrogens is 380 g/mol. The first-order valence-electron chi connectivity index (χ1n) is 12.0. The second kappa shape index (κ2) is 8.88. The molecule has 5 aliphatic carbocycles. The van der Waals surface area contributed by atoms with Gasteiger partial charge in [0.2, 0.25) is 5.91 Å². The number of ether oxygens (including phenoxy) is 1. The highest BCUT2D eigenvalue weighted by atomic mass is 16.5. The molecule has 30 heavy (non-hydrogen) atoms. The monoisotopic (exact) mass is 418 g/mol. The zero-order valence-electron chi connectivity index (χ0n) is 18.7. The molecule has 6 nitrogen and oxygen atoms in total. The Morgan fingerprint density at radius 3 is 2.10 bits per heavy atom. The summed E-state index contributed by atoms with van der Waals surface area (Å²) < 4.78 is 5.19. The summed E-state index contributed by atoms with van der Waals surface area (Å²) in [5, 5.41) is 3.00. The lowest BCUT2D eigenvalue weighted by Gasteiger charge is -2.55. The molecule has 0 radical (unpaired) electrons. The SMILES string of the molecule is CC1CCC(N(C)C(=O)COC(=O)CCNC(=O)C23CC4CC(CC(C4)C2)C3)CC1. The Kier molecular flexibility index (Phi) is 6.40. The first kappa shape index (κ1) is 21.6. The van der Waals surface area contributed by atoms with Crippen molar-refractivity contribution in [3.63, 3.8) is 0 Å². The first-order valence-corrected chi connectivity index (χ1v) is 12.0. The maximum atomic E-state index is 12.9. The molecule has 0 aliphatic heterocycles. The highest BCUT2D eigenvalue weighted by molar-refractivity contribution is 5.84. The molecule has 0 aromatic rings. The fourth-order valence-electron chi connectivity index (χ4n) is 7.00. The molecule has 5 aliphatic rings. The molecule has 0 heterocycles. The lowest BCUT2D eigenvalue weighted by Crippen LogP contribution is -2.53. The van der Waals surface area contributed by atoms with Crippen LogP contribution < -0.4 is 5.32 Å². The topological polar surface area (TPSA) is 75.7 Å². The maximum Gasteiger partial charge on any atom is 0.308 e. The quantitative estimate of drug-likeness (QED) is 0.644. The normalized spacial score (nSPS) is 36.9. The van der Waals surface area contributed by atoms with Crippen LogP contribution in [0.5, 0.6) is 0 Å². The van der Waals surface area contributed by atoms with Gasteiger partial charge in [-0.05, 0) is 87.9 Å². The van der Waals surface area contributed by atoms with Gasteiger partial charge in [-0.15, -0.1) is 0 Å². The third kappa shape index (κ3) is 4.67. The van der Waals surface area contributed by atoms with Crippen LogP contribution in [0.15, 0.2) is 0 Å². The average molecular weight is 419 g/mol. The largest absolute Gasteiger partial charge is 0.456 e. The number of amides is 2. The van der Waals surface area contributed by atoms with Crippen molar-refractivity contribution in [1.29, 1.82) is 0 Å². The van der Waals surface area contributed by atoms with E-state index >= 15 is 0 Å². The lowest BCUT2D eigenvalue weighted by molar-refractivity contribution is -0.153. The predicted octanol–water partition coefficient (Wildman–Crippen LogP) is 3.29. The van der Waals surface area contributed by atoms with Crippen molar-refractivity contribution in [2.75, 3.05) is 20.2 Å². The van der Waals surface area contributed by atoms with Gasteiger partial charge >= 0.3 is 5.97 Å². The van der Waals surface area contributed by atoms with Crippen LogP contribution in [-0.4, -0.2) is 48.9 Å². The molecule has 5 rings (SSSR count). The smallest absolute Gasteiger partial charge is 0.308 e. The zero-order valence-corrected chi connectivity index (χ0v) is 18.7. The minimum Gasteiger partial charge on any atom is -0.456 e. The highest BCUT2D eigenvalue weighted by Gasteiger charge is 2.54. The van der Waals surface area contributed by atoms with Crippen LogP contribution in [0.1, 0.15) is 77.6 Å². The van der Waals surface area contributed by atoms with E-state index in [1.165, 1.54) is 19.3 Å². The van der Waals surface area contributed by atoms with E-state index in [1.807, 2.05) is 7.05 Å². The number of rotatable bonds is 7. The van der Waals surface area contributed by atoms with Crippen molar-refractivity contribution in [3.05, 3.63) is 0 Å². The molecule has 0 spiro atoms. The molecule has 0 aromatic carbocycles. The lowest BCUT2D eigenvalue weighted by atomic mass is 9.49. The van der Waals surface area contributed by atoms with Crippen LogP contribution in [0.25, 0.3) is 0 Å². The second-order valence-corrected chi connectivity index (χ2v) is 10.8. The van der Waals surface area contributed by atoms with Crippen molar-refractivity contribution in [3.8, 4) is 0 Å². The number of nitrogens with one attached hydrogen (secondary N) is 1. The zero-order chi connectivity index (χ0) is 21.3. The van der Waals surface area contributed by atoms with Crippen molar-refractivity contribution >= 4 is 17.8 Å². The van der Waals surface area contributed by atoms with Gasteiger partial charge in [0.1, 0.15) is 0 Å². The molecule has 5 fully saturated rings. The fourth-order valence-corrected chi connectivity index (χ4v) is 7.00. The minimum absolute atomic E-state index is 0.121. The molecule has 6 heteroatoms. The summed E-state index contributed by atoms with van der Waals surface area (Å²) in [7, 11) is 1.81. The van der Waals surface area contributed by atoms with E-state index in [2.05, 4.69) is 12.2 Å². The van der Waals surface area contributed by atoms with Gasteiger partial charge in [-0.1, -0.05) is 6.92 Å². The summed E-state index contributed by atoms with van der Waals surface area (Å²) in [4.78, 5) is 39.1. The Labute approximate surface area is 180 Å². The van der Waals surface area contributed by atoms with E-state index in [0.29, 0.717) is 6.54 Å². The van der Waals surface area contributed by atoms with Crippen molar-refractivity contribution in [2.45, 2.75) is 83.6 Å². The van der Waals surface area contributed by atoms with Gasteiger partial charge in [0.25, 0.3) is 5.91 Å². The van der Waals surface area contributed by atoms with Gasteiger partial charge in [-0.2, -0.15) is 0 Å². The third-order valence-corrected chi connectivity index (χ3v) is 8.42. The number of esters is 1. The van der Waals surface area contributed by atoms with E-state index in [4.69, 9.17) is 4.74 Å². The van der Waals surface area contributed by atoms with Gasteiger partial charge in [0, 0.05) is 25.0 Å². The standard InChI is InChI=1S/C24H38N2O4/c1-16-3-5-20(6-4-16)26(2)21(27)15-30-22(28)7-8-25-23(29)24-12-17-9-18(13-24)11-19(10-17)14-24/h16-20H,3-15H2,1-2H3,(H,25,29). The van der Waals surface area contributed by atoms with Crippen LogP contribution in [0.3, 0.4) is 0 Å². The van der Waals surface area contributed by atoms with Crippen LogP contribution in [0, 0.1) is 29.1 Å². The molecule has 4 bridgehead atoms. The molecule has 0 atom stereocenters. The molecule has 5 saturated carbocycles. The predicted molar refractivity (Wildman–Crippen MR) is 113 cm³/mol. The number of likely N-dealkylation sites (N-methyl/N-ethyl adjacent to an activating group) is 1. The molecule has 0 unspecified atom stereocenters. The summed E-state index contributed by atoms with van der Waals surface area (Å²) in [6.07, 6.45) is 11.4. The Bertz CT molecular complexity index is 633. The fraction of sp³-hybridized carbons (Fsp3) is 0.875. The number of hydrogen-bond donors (Lipinski definition) is 1. The Morgan fingerprint density at radius 2 is 1.53 bits per heavy atom. The molecule has 0 saturated heterocycles. The van der Waals surface area contributed by atoms with Gasteiger partial charge < -0.3 is 15.0 Å². The van der Waals surface area contributed by atoms with Crippen LogP contribution in [0.4, 0.5) is 0 Å². The van der Waals surface area contributed by atoms with Gasteiger partial charge in [0.15, 0.2) is 6.61 Å². The van der Waals surface area contributed by atoms with Gasteiger partial charge in [0.05, 0.1) is 6.42 Å². The van der Waals surface area contributed by atoms with Crippen molar-refractivity contribution in [1.82, 2.24) is 10.2 Å². The van der Waals surface area contributed by atoms with E-state index in [-0.39, 0.29) is 36.3 Å². The molecule has 0 aromatic heterocycles. The maximum absolute atomic E-state index is 12.9. The van der Waals surface area contributed by atoms with E-state index in [9.17, 15) is 14.4 Å². The van der Waals surface area contributed by atoms with Gasteiger partial charge in [-0.25, -0.2) is 0 Å². The van der Waals surface area contributed by atoms with E-state index < -0.39 is 5.97 Å². The van der Waals surface area contributed by atoms with Crippen molar-refractivity contribution in [2.24, 2.45) is 29.1 Å². The first-order chi connectivity index (χ1) is 14.3. The summed E-state index contributed by atoms with van der Waals surface area (Å²) >= 11 is 0. The Hall–Kier alpha value is -1.59. The van der Waals surface area contributed by atoms with Crippen LogP contribution in [0.2, 0.25) is 0 Å². The summed E-state index contributed by atoms with van der Waals surface area (Å²) in [6, 6.07) is 0.256. The molecule has 1 N–H and O–H groups in total. The number of nitrogens with zero attached hydrogens (tertiary/aromatic N) is 1. The van der Waals surface area contributed by atoms with Crippen LogP contribution in [-0.2, 0) is 19.1 Å². The highest BCUT2D eigenvalue weighted by Crippen LogP contribution is 2.60. The average Bonchev–Trinajstić information content (AvgIpc) is 2.71.